The van der Waals surface area contributed by atoms with Gasteiger partial charge in [0, 0.05) is 51.2 Å². The molecule has 0 bridgehead atoms. The number of urea groups is 1. The molecular formula is C17H26N6O. The molecule has 2 amide bonds. The third kappa shape index (κ3) is 4.24. The zero-order chi connectivity index (χ0) is 17.7. The van der Waals surface area contributed by atoms with E-state index in [0.29, 0.717) is 13.1 Å². The summed E-state index contributed by atoms with van der Waals surface area (Å²) in [5.41, 5.74) is 4.09. The molecule has 2 aromatic rings. The molecule has 0 radical (unpaired) electrons. The summed E-state index contributed by atoms with van der Waals surface area (Å²) in [5, 5.41) is 10.2. The Hall–Kier alpha value is -2.57. The van der Waals surface area contributed by atoms with E-state index in [1.807, 2.05) is 49.7 Å². The van der Waals surface area contributed by atoms with Crippen LogP contribution in [0.4, 0.5) is 10.6 Å². The third-order valence-electron chi connectivity index (χ3n) is 3.98. The van der Waals surface area contributed by atoms with Crippen LogP contribution in [0.5, 0.6) is 0 Å². The molecule has 2 N–H and O–H groups in total. The van der Waals surface area contributed by atoms with E-state index >= 15 is 0 Å². The van der Waals surface area contributed by atoms with Gasteiger partial charge in [0.25, 0.3) is 0 Å². The molecule has 0 aliphatic heterocycles. The highest BCUT2D eigenvalue weighted by atomic mass is 16.2. The largest absolute Gasteiger partial charge is 0.363 e. The Bertz CT molecular complexity index is 690. The molecule has 0 aromatic carbocycles. The second kappa shape index (κ2) is 7.81. The van der Waals surface area contributed by atoms with Crippen molar-refractivity contribution in [3.63, 3.8) is 0 Å². The van der Waals surface area contributed by atoms with Crippen LogP contribution in [0.25, 0.3) is 0 Å². The van der Waals surface area contributed by atoms with Crippen LogP contribution in [0.15, 0.2) is 18.3 Å². The lowest BCUT2D eigenvalue weighted by Crippen LogP contribution is -2.34. The monoisotopic (exact) mass is 330 g/mol. The Morgan fingerprint density at radius 1 is 1.21 bits per heavy atom. The molecule has 0 atom stereocenters. The number of amides is 2. The van der Waals surface area contributed by atoms with E-state index in [2.05, 4.69) is 27.6 Å². The molecule has 7 nitrogen and oxygen atoms in total. The predicted octanol–water partition coefficient (Wildman–Crippen LogP) is 1.98. The highest BCUT2D eigenvalue weighted by Crippen LogP contribution is 2.12. The fourth-order valence-corrected chi connectivity index (χ4v) is 2.50. The first kappa shape index (κ1) is 17.8. The van der Waals surface area contributed by atoms with E-state index in [1.165, 1.54) is 0 Å². The molecule has 130 valence electrons. The Labute approximate surface area is 143 Å². The van der Waals surface area contributed by atoms with Crippen molar-refractivity contribution < 1.29 is 4.79 Å². The minimum absolute atomic E-state index is 0.199. The second-order valence-electron chi connectivity index (χ2n) is 5.92. The normalized spacial score (nSPS) is 10.5. The number of rotatable bonds is 6. The molecular weight excluding hydrogens is 304 g/mol. The first-order valence-electron chi connectivity index (χ1n) is 8.09. The molecule has 0 saturated heterocycles. The highest BCUT2D eigenvalue weighted by molar-refractivity contribution is 5.73. The summed E-state index contributed by atoms with van der Waals surface area (Å²) in [5.74, 6) is 0.891. The van der Waals surface area contributed by atoms with Crippen molar-refractivity contribution in [2.45, 2.75) is 40.4 Å². The number of hydrogen-bond acceptors (Lipinski definition) is 4. The standard InChI is InChI=1S/C17H26N6O/c1-6-23-13(3)15(12(2)21-23)11-20-17(24)19-10-14-7-8-16(18-9-14)22(4)5/h7-9H,6,10-11H2,1-5H3,(H2,19,20,24). The van der Waals surface area contributed by atoms with Crippen LogP contribution in [0.2, 0.25) is 0 Å². The van der Waals surface area contributed by atoms with Crippen molar-refractivity contribution in [1.29, 1.82) is 0 Å². The maximum absolute atomic E-state index is 12.0. The summed E-state index contributed by atoms with van der Waals surface area (Å²) in [7, 11) is 3.89. The Morgan fingerprint density at radius 2 is 1.92 bits per heavy atom. The van der Waals surface area contributed by atoms with E-state index < -0.39 is 0 Å². The van der Waals surface area contributed by atoms with E-state index in [-0.39, 0.29) is 6.03 Å². The zero-order valence-electron chi connectivity index (χ0n) is 15.1. The molecule has 0 aliphatic carbocycles. The number of hydrogen-bond donors (Lipinski definition) is 2. The molecule has 2 aromatic heterocycles. The van der Waals surface area contributed by atoms with Gasteiger partial charge >= 0.3 is 6.03 Å². The minimum atomic E-state index is -0.199. The molecule has 24 heavy (non-hydrogen) atoms. The Kier molecular flexibility index (Phi) is 5.78. The number of nitrogens with one attached hydrogen (secondary N) is 2. The van der Waals surface area contributed by atoms with Crippen LogP contribution in [-0.4, -0.2) is 34.9 Å². The van der Waals surface area contributed by atoms with Gasteiger partial charge in [-0.15, -0.1) is 0 Å². The van der Waals surface area contributed by atoms with Gasteiger partial charge in [-0.1, -0.05) is 6.07 Å². The Morgan fingerprint density at radius 3 is 2.46 bits per heavy atom. The minimum Gasteiger partial charge on any atom is -0.363 e. The Balaban J connectivity index is 1.84. The topological polar surface area (TPSA) is 75.1 Å². The molecule has 7 heteroatoms. The van der Waals surface area contributed by atoms with Gasteiger partial charge in [0.2, 0.25) is 0 Å². The molecule has 2 heterocycles. The summed E-state index contributed by atoms with van der Waals surface area (Å²) in [6.45, 7) is 7.79. The number of carbonyl (C=O) groups is 1. The second-order valence-corrected chi connectivity index (χ2v) is 5.92. The van der Waals surface area contributed by atoms with Gasteiger partial charge < -0.3 is 15.5 Å². The SMILES string of the molecule is CCn1nc(C)c(CNC(=O)NCc2ccc(N(C)C)nc2)c1C. The first-order chi connectivity index (χ1) is 11.4. The molecule has 0 aliphatic rings. The summed E-state index contributed by atoms with van der Waals surface area (Å²) < 4.78 is 1.95. The number of aromatic nitrogens is 3. The van der Waals surface area contributed by atoms with Gasteiger partial charge in [-0.05, 0) is 32.4 Å². The number of aryl methyl sites for hydroxylation is 2. The van der Waals surface area contributed by atoms with Crippen molar-refractivity contribution in [3.8, 4) is 0 Å². The highest BCUT2D eigenvalue weighted by Gasteiger charge is 2.11. The summed E-state index contributed by atoms with van der Waals surface area (Å²) in [6.07, 6.45) is 1.77. The van der Waals surface area contributed by atoms with Crippen molar-refractivity contribution >= 4 is 11.8 Å². The van der Waals surface area contributed by atoms with Crippen LogP contribution >= 0.6 is 0 Å². The fraction of sp³-hybridized carbons (Fsp3) is 0.471. The van der Waals surface area contributed by atoms with Crippen LogP contribution in [-0.2, 0) is 19.6 Å². The number of nitrogens with zero attached hydrogens (tertiary/aromatic N) is 4. The van der Waals surface area contributed by atoms with Gasteiger partial charge in [0.1, 0.15) is 5.82 Å². The maximum Gasteiger partial charge on any atom is 0.315 e. The average molecular weight is 330 g/mol. The lowest BCUT2D eigenvalue weighted by atomic mass is 10.2. The van der Waals surface area contributed by atoms with Crippen LogP contribution in [0, 0.1) is 13.8 Å². The van der Waals surface area contributed by atoms with Crippen LogP contribution in [0.3, 0.4) is 0 Å². The first-order valence-corrected chi connectivity index (χ1v) is 8.09. The quantitative estimate of drug-likeness (QED) is 0.849. The summed E-state index contributed by atoms with van der Waals surface area (Å²) in [6, 6.07) is 3.69. The van der Waals surface area contributed by atoms with E-state index in [0.717, 1.165) is 34.9 Å². The third-order valence-corrected chi connectivity index (χ3v) is 3.98. The smallest absolute Gasteiger partial charge is 0.315 e. The summed E-state index contributed by atoms with van der Waals surface area (Å²) in [4.78, 5) is 18.2. The number of anilines is 1. The van der Waals surface area contributed by atoms with Gasteiger partial charge in [0.15, 0.2) is 0 Å². The molecule has 0 spiro atoms. The van der Waals surface area contributed by atoms with Crippen molar-refractivity contribution in [2.75, 3.05) is 19.0 Å². The average Bonchev–Trinajstić information content (AvgIpc) is 2.85. The van der Waals surface area contributed by atoms with E-state index in [1.54, 1.807) is 6.20 Å². The van der Waals surface area contributed by atoms with Crippen LogP contribution in [0.1, 0.15) is 29.4 Å². The number of carbonyl (C=O) groups excluding carboxylic acids is 1. The van der Waals surface area contributed by atoms with Crippen molar-refractivity contribution in [2.24, 2.45) is 0 Å². The van der Waals surface area contributed by atoms with Gasteiger partial charge in [-0.3, -0.25) is 4.68 Å². The van der Waals surface area contributed by atoms with Crippen LogP contribution < -0.4 is 15.5 Å². The lowest BCUT2D eigenvalue weighted by Gasteiger charge is -2.12. The molecule has 0 fully saturated rings. The predicted molar refractivity (Wildman–Crippen MR) is 95.0 cm³/mol. The molecule has 0 saturated carbocycles. The van der Waals surface area contributed by atoms with Gasteiger partial charge in [-0.2, -0.15) is 5.10 Å². The lowest BCUT2D eigenvalue weighted by molar-refractivity contribution is 0.240. The van der Waals surface area contributed by atoms with E-state index in [9.17, 15) is 4.79 Å². The fourth-order valence-electron chi connectivity index (χ4n) is 2.50. The maximum atomic E-state index is 12.0. The van der Waals surface area contributed by atoms with Crippen molar-refractivity contribution in [1.82, 2.24) is 25.4 Å². The molecule has 2 rings (SSSR count). The van der Waals surface area contributed by atoms with Gasteiger partial charge in [-0.25, -0.2) is 9.78 Å². The summed E-state index contributed by atoms with van der Waals surface area (Å²) >= 11 is 0. The van der Waals surface area contributed by atoms with E-state index in [4.69, 9.17) is 0 Å². The molecule has 0 unspecified atom stereocenters. The van der Waals surface area contributed by atoms with Crippen molar-refractivity contribution in [3.05, 3.63) is 40.8 Å². The van der Waals surface area contributed by atoms with Gasteiger partial charge in [0.05, 0.1) is 5.69 Å². The number of pyridine rings is 1. The zero-order valence-corrected chi connectivity index (χ0v) is 15.1.